The van der Waals surface area contributed by atoms with Gasteiger partial charge in [-0.25, -0.2) is 0 Å². The number of nitrogens with one attached hydrogen (secondary N) is 1. The van der Waals surface area contributed by atoms with Gasteiger partial charge in [0.25, 0.3) is 0 Å². The van der Waals surface area contributed by atoms with Crippen LogP contribution in [0.3, 0.4) is 0 Å². The number of nitrogens with zero attached hydrogens (tertiary/aromatic N) is 2. The normalized spacial score (nSPS) is 12.4. The Bertz CT molecular complexity index is 603. The third-order valence-electron chi connectivity index (χ3n) is 3.21. The first-order valence-corrected chi connectivity index (χ1v) is 6.64. The minimum Gasteiger partial charge on any atom is -0.370 e. The molecule has 2 rings (SSSR count). The molecule has 0 aliphatic heterocycles. The molecule has 0 saturated carbocycles. The molecular weight excluding hydrogens is 252 g/mol. The molecule has 3 N–H and O–H groups in total. The summed E-state index contributed by atoms with van der Waals surface area (Å²) in [5, 5.41) is 7.44. The Kier molecular flexibility index (Phi) is 4.08. The molecule has 0 spiro atoms. The van der Waals surface area contributed by atoms with Crippen molar-refractivity contribution >= 4 is 11.6 Å². The van der Waals surface area contributed by atoms with Gasteiger partial charge in [0.1, 0.15) is 6.04 Å². The topological polar surface area (TPSA) is 72.9 Å². The zero-order valence-corrected chi connectivity index (χ0v) is 12.0. The molecule has 1 atom stereocenters. The van der Waals surface area contributed by atoms with Crippen molar-refractivity contribution in [1.82, 2.24) is 9.78 Å². The highest BCUT2D eigenvalue weighted by Crippen LogP contribution is 2.22. The van der Waals surface area contributed by atoms with Crippen LogP contribution >= 0.6 is 0 Å². The highest BCUT2D eigenvalue weighted by atomic mass is 16.1. The van der Waals surface area contributed by atoms with Gasteiger partial charge in [0, 0.05) is 23.5 Å². The predicted molar refractivity (Wildman–Crippen MR) is 79.3 cm³/mol. The van der Waals surface area contributed by atoms with E-state index in [2.05, 4.69) is 10.4 Å². The molecular formula is C15H20N4O. The van der Waals surface area contributed by atoms with Crippen molar-refractivity contribution in [2.75, 3.05) is 5.32 Å². The molecule has 1 aromatic heterocycles. The van der Waals surface area contributed by atoms with Crippen LogP contribution in [-0.4, -0.2) is 15.7 Å². The number of hydrogen-bond donors (Lipinski definition) is 2. The zero-order valence-electron chi connectivity index (χ0n) is 12.0. The van der Waals surface area contributed by atoms with E-state index in [4.69, 9.17) is 5.73 Å². The molecule has 0 aliphatic rings. The van der Waals surface area contributed by atoms with Crippen molar-refractivity contribution in [3.8, 4) is 0 Å². The van der Waals surface area contributed by atoms with Gasteiger partial charge in [-0.1, -0.05) is 18.2 Å². The first kappa shape index (κ1) is 14.1. The summed E-state index contributed by atoms with van der Waals surface area (Å²) in [6.45, 7) is 6.05. The van der Waals surface area contributed by atoms with Crippen LogP contribution in [0.15, 0.2) is 36.7 Å². The lowest BCUT2D eigenvalue weighted by Crippen LogP contribution is -2.27. The molecule has 1 aromatic carbocycles. The summed E-state index contributed by atoms with van der Waals surface area (Å²) >= 11 is 0. The van der Waals surface area contributed by atoms with Gasteiger partial charge in [0.05, 0.1) is 6.20 Å². The van der Waals surface area contributed by atoms with Crippen LogP contribution in [0.25, 0.3) is 0 Å². The number of aryl methyl sites for hydroxylation is 1. The number of benzene rings is 1. The third kappa shape index (κ3) is 2.99. The van der Waals surface area contributed by atoms with E-state index in [0.29, 0.717) is 0 Å². The third-order valence-corrected chi connectivity index (χ3v) is 3.21. The Hall–Kier alpha value is -2.30. The van der Waals surface area contributed by atoms with Crippen molar-refractivity contribution in [1.29, 1.82) is 0 Å². The number of primary amides is 1. The van der Waals surface area contributed by atoms with Crippen LogP contribution in [0, 0.1) is 6.92 Å². The minimum absolute atomic E-state index is 0.246. The molecule has 2 aromatic rings. The molecule has 1 unspecified atom stereocenters. The summed E-state index contributed by atoms with van der Waals surface area (Å²) in [5.41, 5.74) is 8.25. The number of amides is 1. The number of anilines is 1. The smallest absolute Gasteiger partial charge is 0.244 e. The van der Waals surface area contributed by atoms with Crippen LogP contribution < -0.4 is 11.1 Å². The van der Waals surface area contributed by atoms with Gasteiger partial charge in [0.2, 0.25) is 5.91 Å². The van der Waals surface area contributed by atoms with Gasteiger partial charge < -0.3 is 11.1 Å². The average molecular weight is 272 g/mol. The molecule has 106 valence electrons. The molecule has 0 saturated heterocycles. The van der Waals surface area contributed by atoms with E-state index in [-0.39, 0.29) is 6.04 Å². The second-order valence-electron chi connectivity index (χ2n) is 5.14. The maximum atomic E-state index is 11.7. The maximum Gasteiger partial charge on any atom is 0.244 e. The number of para-hydroxylation sites is 1. The van der Waals surface area contributed by atoms with Crippen LogP contribution in [0.2, 0.25) is 0 Å². The zero-order chi connectivity index (χ0) is 14.7. The molecule has 1 heterocycles. The van der Waals surface area contributed by atoms with E-state index < -0.39 is 11.9 Å². The fraction of sp³-hybridized carbons (Fsp3) is 0.333. The minimum atomic E-state index is -0.580. The van der Waals surface area contributed by atoms with Crippen LogP contribution in [0.5, 0.6) is 0 Å². The molecule has 0 aliphatic carbocycles. The van der Waals surface area contributed by atoms with Crippen LogP contribution in [0.1, 0.15) is 37.1 Å². The van der Waals surface area contributed by atoms with Gasteiger partial charge in [-0.05, 0) is 32.4 Å². The van der Waals surface area contributed by atoms with Gasteiger partial charge in [-0.15, -0.1) is 0 Å². The fourth-order valence-corrected chi connectivity index (χ4v) is 1.99. The van der Waals surface area contributed by atoms with Crippen LogP contribution in [-0.2, 0) is 4.79 Å². The van der Waals surface area contributed by atoms with E-state index >= 15 is 0 Å². The van der Waals surface area contributed by atoms with Crippen molar-refractivity contribution in [3.05, 3.63) is 47.8 Å². The maximum absolute atomic E-state index is 11.7. The lowest BCUT2D eigenvalue weighted by atomic mass is 10.1. The van der Waals surface area contributed by atoms with Crippen LogP contribution in [0.4, 0.5) is 5.69 Å². The highest BCUT2D eigenvalue weighted by molar-refractivity contribution is 5.84. The van der Waals surface area contributed by atoms with Crippen molar-refractivity contribution in [2.24, 2.45) is 5.73 Å². The summed E-state index contributed by atoms with van der Waals surface area (Å²) in [5.74, 6) is -0.420. The Morgan fingerprint density at radius 3 is 2.60 bits per heavy atom. The molecule has 0 bridgehead atoms. The first-order valence-electron chi connectivity index (χ1n) is 6.64. The Labute approximate surface area is 118 Å². The second kappa shape index (κ2) is 5.77. The first-order chi connectivity index (χ1) is 9.49. The number of rotatable bonds is 5. The highest BCUT2D eigenvalue weighted by Gasteiger charge is 2.20. The molecule has 1 amide bonds. The number of carbonyl (C=O) groups is 1. The average Bonchev–Trinajstić information content (AvgIpc) is 2.87. The van der Waals surface area contributed by atoms with Gasteiger partial charge in [-0.2, -0.15) is 5.10 Å². The summed E-state index contributed by atoms with van der Waals surface area (Å²) in [7, 11) is 0. The number of hydrogen-bond acceptors (Lipinski definition) is 3. The Morgan fingerprint density at radius 2 is 2.05 bits per heavy atom. The monoisotopic (exact) mass is 272 g/mol. The van der Waals surface area contributed by atoms with Crippen molar-refractivity contribution < 1.29 is 4.79 Å². The van der Waals surface area contributed by atoms with E-state index in [1.54, 1.807) is 6.20 Å². The number of carbonyl (C=O) groups excluding carboxylic acids is 1. The molecule has 0 radical (unpaired) electrons. The quantitative estimate of drug-likeness (QED) is 0.878. The van der Waals surface area contributed by atoms with Gasteiger partial charge in [-0.3, -0.25) is 9.48 Å². The lowest BCUT2D eigenvalue weighted by molar-refractivity contribution is -0.118. The molecule has 5 heteroatoms. The Morgan fingerprint density at radius 1 is 1.35 bits per heavy atom. The summed E-state index contributed by atoms with van der Waals surface area (Å²) in [4.78, 5) is 11.7. The van der Waals surface area contributed by atoms with E-state index in [9.17, 15) is 4.79 Å². The van der Waals surface area contributed by atoms with E-state index in [1.165, 1.54) is 0 Å². The second-order valence-corrected chi connectivity index (χ2v) is 5.14. The van der Waals surface area contributed by atoms with Gasteiger partial charge >= 0.3 is 0 Å². The van der Waals surface area contributed by atoms with Crippen molar-refractivity contribution in [3.63, 3.8) is 0 Å². The Balaban J connectivity index is 2.27. The number of aromatic nitrogens is 2. The summed E-state index contributed by atoms with van der Waals surface area (Å²) in [6.07, 6.45) is 3.53. The summed E-state index contributed by atoms with van der Waals surface area (Å²) < 4.78 is 1.81. The lowest BCUT2D eigenvalue weighted by Gasteiger charge is -2.17. The predicted octanol–water partition coefficient (Wildman–Crippen LogP) is 2.41. The SMILES string of the molecule is Cc1ccccc1NC(C(N)=O)c1cnn(C(C)C)c1. The molecule has 0 fully saturated rings. The van der Waals surface area contributed by atoms with E-state index in [0.717, 1.165) is 16.8 Å². The summed E-state index contributed by atoms with van der Waals surface area (Å²) in [6, 6.07) is 7.46. The van der Waals surface area contributed by atoms with Crippen molar-refractivity contribution in [2.45, 2.75) is 32.9 Å². The fourth-order valence-electron chi connectivity index (χ4n) is 1.99. The number of nitrogens with two attached hydrogens (primary N) is 1. The largest absolute Gasteiger partial charge is 0.370 e. The molecule has 20 heavy (non-hydrogen) atoms. The van der Waals surface area contributed by atoms with E-state index in [1.807, 2.05) is 55.9 Å². The standard InChI is InChI=1S/C15H20N4O/c1-10(2)19-9-12(8-17-19)14(15(16)20)18-13-7-5-4-6-11(13)3/h4-10,14,18H,1-3H3,(H2,16,20). The van der Waals surface area contributed by atoms with Gasteiger partial charge in [0.15, 0.2) is 0 Å². The molecule has 5 nitrogen and oxygen atoms in total.